The van der Waals surface area contributed by atoms with Crippen LogP contribution in [0.5, 0.6) is 11.5 Å². The zero-order valence-corrected chi connectivity index (χ0v) is 13.5. The summed E-state index contributed by atoms with van der Waals surface area (Å²) in [5.74, 6) is 3.59. The molecule has 0 radical (unpaired) electrons. The van der Waals surface area contributed by atoms with Crippen molar-refractivity contribution >= 4 is 0 Å². The summed E-state index contributed by atoms with van der Waals surface area (Å²) in [4.78, 5) is 6.87. The van der Waals surface area contributed by atoms with Crippen LogP contribution in [0.3, 0.4) is 0 Å². The van der Waals surface area contributed by atoms with Crippen LogP contribution in [0.1, 0.15) is 49.0 Å². The lowest BCUT2D eigenvalue weighted by Crippen LogP contribution is -2.35. The molecular formula is C17H21N3O3. The van der Waals surface area contributed by atoms with Crippen molar-refractivity contribution in [1.29, 1.82) is 0 Å². The van der Waals surface area contributed by atoms with Gasteiger partial charge in [0.25, 0.3) is 0 Å². The first-order valence-electron chi connectivity index (χ1n) is 8.14. The third-order valence-electron chi connectivity index (χ3n) is 4.85. The van der Waals surface area contributed by atoms with E-state index in [0.717, 1.165) is 49.1 Å². The van der Waals surface area contributed by atoms with Gasteiger partial charge < -0.3 is 14.0 Å². The van der Waals surface area contributed by atoms with Crippen molar-refractivity contribution in [3.05, 3.63) is 35.5 Å². The highest BCUT2D eigenvalue weighted by Crippen LogP contribution is 2.37. The van der Waals surface area contributed by atoms with Crippen LogP contribution in [0, 0.1) is 6.92 Å². The molecule has 0 N–H and O–H groups in total. The van der Waals surface area contributed by atoms with Crippen molar-refractivity contribution < 1.29 is 14.0 Å². The Balaban J connectivity index is 1.41. The SMILES string of the molecule is Cc1noc(C2CCN(C(C)c3ccc4c(c3)OCO4)CC2)n1. The van der Waals surface area contributed by atoms with Crippen LogP contribution in [0.2, 0.25) is 0 Å². The van der Waals surface area contributed by atoms with Gasteiger partial charge in [0.1, 0.15) is 0 Å². The number of hydrogen-bond donors (Lipinski definition) is 0. The fourth-order valence-corrected chi connectivity index (χ4v) is 3.40. The van der Waals surface area contributed by atoms with Gasteiger partial charge >= 0.3 is 0 Å². The van der Waals surface area contributed by atoms with E-state index in [-0.39, 0.29) is 0 Å². The number of benzene rings is 1. The first-order chi connectivity index (χ1) is 11.2. The highest BCUT2D eigenvalue weighted by Gasteiger charge is 2.28. The van der Waals surface area contributed by atoms with Gasteiger partial charge in [0.15, 0.2) is 17.3 Å². The maximum atomic E-state index is 5.49. The Hall–Kier alpha value is -2.08. The Morgan fingerprint density at radius 1 is 1.17 bits per heavy atom. The van der Waals surface area contributed by atoms with E-state index in [1.54, 1.807) is 0 Å². The average Bonchev–Trinajstić information content (AvgIpc) is 3.22. The summed E-state index contributed by atoms with van der Waals surface area (Å²) >= 11 is 0. The maximum Gasteiger partial charge on any atom is 0.231 e. The van der Waals surface area contributed by atoms with E-state index in [1.165, 1.54) is 5.56 Å². The van der Waals surface area contributed by atoms with Gasteiger partial charge in [-0.15, -0.1) is 0 Å². The van der Waals surface area contributed by atoms with Crippen molar-refractivity contribution in [2.75, 3.05) is 19.9 Å². The van der Waals surface area contributed by atoms with Crippen molar-refractivity contribution in [2.45, 2.75) is 38.6 Å². The number of piperidine rings is 1. The third kappa shape index (κ3) is 2.79. The van der Waals surface area contributed by atoms with Crippen LogP contribution in [0.25, 0.3) is 0 Å². The van der Waals surface area contributed by atoms with E-state index in [4.69, 9.17) is 14.0 Å². The summed E-state index contributed by atoms with van der Waals surface area (Å²) in [6.07, 6.45) is 2.10. The summed E-state index contributed by atoms with van der Waals surface area (Å²) in [6.45, 7) is 6.49. The molecule has 2 aliphatic rings. The summed E-state index contributed by atoms with van der Waals surface area (Å²) in [7, 11) is 0. The zero-order chi connectivity index (χ0) is 15.8. The monoisotopic (exact) mass is 315 g/mol. The molecule has 1 unspecified atom stereocenters. The second-order valence-electron chi connectivity index (χ2n) is 6.28. The third-order valence-corrected chi connectivity index (χ3v) is 4.85. The number of rotatable bonds is 3. The van der Waals surface area contributed by atoms with Gasteiger partial charge in [-0.2, -0.15) is 4.98 Å². The Morgan fingerprint density at radius 2 is 1.96 bits per heavy atom. The van der Waals surface area contributed by atoms with E-state index >= 15 is 0 Å². The average molecular weight is 315 g/mol. The second kappa shape index (κ2) is 5.85. The molecule has 23 heavy (non-hydrogen) atoms. The number of aromatic nitrogens is 2. The maximum absolute atomic E-state index is 5.49. The molecular weight excluding hydrogens is 294 g/mol. The van der Waals surface area contributed by atoms with Crippen molar-refractivity contribution in [3.8, 4) is 11.5 Å². The molecule has 122 valence electrons. The van der Waals surface area contributed by atoms with Crippen molar-refractivity contribution in [2.24, 2.45) is 0 Å². The number of fused-ring (bicyclic) bond motifs is 1. The molecule has 1 saturated heterocycles. The molecule has 2 aliphatic heterocycles. The lowest BCUT2D eigenvalue weighted by atomic mass is 9.94. The molecule has 1 fully saturated rings. The molecule has 4 rings (SSSR count). The summed E-state index contributed by atoms with van der Waals surface area (Å²) < 4.78 is 16.2. The van der Waals surface area contributed by atoms with E-state index in [9.17, 15) is 0 Å². The van der Waals surface area contributed by atoms with E-state index in [1.807, 2.05) is 13.0 Å². The van der Waals surface area contributed by atoms with Gasteiger partial charge in [-0.1, -0.05) is 11.2 Å². The van der Waals surface area contributed by atoms with Crippen LogP contribution in [-0.2, 0) is 0 Å². The Labute approximate surface area is 135 Å². The van der Waals surface area contributed by atoms with Crippen LogP contribution in [0.4, 0.5) is 0 Å². The molecule has 0 aliphatic carbocycles. The quantitative estimate of drug-likeness (QED) is 0.867. The molecule has 6 nitrogen and oxygen atoms in total. The van der Waals surface area contributed by atoms with Crippen LogP contribution >= 0.6 is 0 Å². The Bertz CT molecular complexity index is 692. The van der Waals surface area contributed by atoms with E-state index < -0.39 is 0 Å². The molecule has 3 heterocycles. The summed E-state index contributed by atoms with van der Waals surface area (Å²) in [5, 5.41) is 3.90. The fraction of sp³-hybridized carbons (Fsp3) is 0.529. The lowest BCUT2D eigenvalue weighted by Gasteiger charge is -2.35. The highest BCUT2D eigenvalue weighted by atomic mass is 16.7. The minimum Gasteiger partial charge on any atom is -0.454 e. The largest absolute Gasteiger partial charge is 0.454 e. The lowest BCUT2D eigenvalue weighted by molar-refractivity contribution is 0.151. The van der Waals surface area contributed by atoms with Gasteiger partial charge in [0.05, 0.1) is 0 Å². The van der Waals surface area contributed by atoms with Gasteiger partial charge in [-0.25, -0.2) is 0 Å². The van der Waals surface area contributed by atoms with Gasteiger partial charge in [-0.3, -0.25) is 4.90 Å². The predicted octanol–water partition coefficient (Wildman–Crippen LogP) is 3.05. The molecule has 1 atom stereocenters. The predicted molar refractivity (Wildman–Crippen MR) is 83.6 cm³/mol. The molecule has 1 aromatic carbocycles. The smallest absolute Gasteiger partial charge is 0.231 e. The first kappa shape index (κ1) is 14.5. The number of aryl methyl sites for hydroxylation is 1. The van der Waals surface area contributed by atoms with Gasteiger partial charge in [-0.05, 0) is 57.5 Å². The topological polar surface area (TPSA) is 60.6 Å². The number of ether oxygens (including phenoxy) is 2. The second-order valence-corrected chi connectivity index (χ2v) is 6.28. The van der Waals surface area contributed by atoms with Crippen LogP contribution in [0.15, 0.2) is 22.7 Å². The van der Waals surface area contributed by atoms with Crippen LogP contribution < -0.4 is 9.47 Å². The Kier molecular flexibility index (Phi) is 3.69. The summed E-state index contributed by atoms with van der Waals surface area (Å²) in [6, 6.07) is 6.59. The number of likely N-dealkylation sites (tertiary alicyclic amines) is 1. The number of nitrogens with zero attached hydrogens (tertiary/aromatic N) is 3. The Morgan fingerprint density at radius 3 is 2.70 bits per heavy atom. The van der Waals surface area contributed by atoms with Crippen molar-refractivity contribution in [3.63, 3.8) is 0 Å². The molecule has 1 aromatic heterocycles. The highest BCUT2D eigenvalue weighted by molar-refractivity contribution is 5.45. The minimum absolute atomic E-state index is 0.322. The zero-order valence-electron chi connectivity index (χ0n) is 13.5. The molecule has 0 bridgehead atoms. The van der Waals surface area contributed by atoms with E-state index in [0.29, 0.717) is 18.8 Å². The standard InChI is InChI=1S/C17H21N3O3/c1-11(14-3-4-15-16(9-14)22-10-21-15)20-7-5-13(6-8-20)17-18-12(2)19-23-17/h3-4,9,11,13H,5-8,10H2,1-2H3. The molecule has 6 heteroatoms. The minimum atomic E-state index is 0.322. The normalized spacial score (nSPS) is 19.9. The van der Waals surface area contributed by atoms with E-state index in [2.05, 4.69) is 34.1 Å². The fourth-order valence-electron chi connectivity index (χ4n) is 3.40. The van der Waals surface area contributed by atoms with Crippen LogP contribution in [-0.4, -0.2) is 34.9 Å². The van der Waals surface area contributed by atoms with Crippen molar-refractivity contribution in [1.82, 2.24) is 15.0 Å². The summed E-state index contributed by atoms with van der Waals surface area (Å²) in [5.41, 5.74) is 1.27. The molecule has 0 saturated carbocycles. The number of hydrogen-bond acceptors (Lipinski definition) is 6. The molecule has 2 aromatic rings. The van der Waals surface area contributed by atoms with Gasteiger partial charge in [0, 0.05) is 12.0 Å². The molecule has 0 amide bonds. The first-order valence-corrected chi connectivity index (χ1v) is 8.14. The van der Waals surface area contributed by atoms with Gasteiger partial charge in [0.2, 0.25) is 12.7 Å². The molecule has 0 spiro atoms.